The summed E-state index contributed by atoms with van der Waals surface area (Å²) in [7, 11) is 4.81. The lowest BCUT2D eigenvalue weighted by molar-refractivity contribution is 0.323. The third-order valence-electron chi connectivity index (χ3n) is 2.98. The van der Waals surface area contributed by atoms with Crippen molar-refractivity contribution in [3.8, 4) is 17.2 Å². The summed E-state index contributed by atoms with van der Waals surface area (Å²) in [5, 5.41) is 0. The third-order valence-corrected chi connectivity index (χ3v) is 2.98. The van der Waals surface area contributed by atoms with Crippen molar-refractivity contribution < 1.29 is 14.2 Å². The zero-order chi connectivity index (χ0) is 13.5. The van der Waals surface area contributed by atoms with Crippen molar-refractivity contribution in [1.82, 2.24) is 0 Å². The quantitative estimate of drug-likeness (QED) is 0.811. The number of methoxy groups -OCH3 is 3. The van der Waals surface area contributed by atoms with Crippen LogP contribution in [0.1, 0.15) is 37.8 Å². The predicted molar refractivity (Wildman–Crippen MR) is 72.6 cm³/mol. The summed E-state index contributed by atoms with van der Waals surface area (Å²) in [6.45, 7) is 2.15. The van der Waals surface area contributed by atoms with E-state index in [0.29, 0.717) is 17.2 Å². The van der Waals surface area contributed by atoms with Crippen molar-refractivity contribution in [2.45, 2.75) is 32.2 Å². The fourth-order valence-electron chi connectivity index (χ4n) is 1.91. The van der Waals surface area contributed by atoms with Crippen LogP contribution < -0.4 is 19.9 Å². The predicted octanol–water partition coefficient (Wildman–Crippen LogP) is 2.90. The standard InChI is InChI=1S/C14H23NO3/c1-5-6-7-11(15)10-8-12(16-2)14(18-4)13(9-10)17-3/h8-9,11H,5-7,15H2,1-4H3/t11-/m1/s1. The van der Waals surface area contributed by atoms with Crippen LogP contribution in [0.25, 0.3) is 0 Å². The number of benzene rings is 1. The van der Waals surface area contributed by atoms with Crippen LogP contribution in [0.5, 0.6) is 17.2 Å². The molecule has 0 aromatic heterocycles. The van der Waals surface area contributed by atoms with Crippen molar-refractivity contribution in [2.75, 3.05) is 21.3 Å². The molecule has 2 N–H and O–H groups in total. The molecule has 0 bridgehead atoms. The van der Waals surface area contributed by atoms with E-state index in [1.807, 2.05) is 12.1 Å². The largest absolute Gasteiger partial charge is 0.493 e. The number of hydrogen-bond acceptors (Lipinski definition) is 4. The van der Waals surface area contributed by atoms with Crippen LogP contribution in [-0.2, 0) is 0 Å². The third kappa shape index (κ3) is 3.29. The normalized spacial score (nSPS) is 12.1. The summed E-state index contributed by atoms with van der Waals surface area (Å²) in [5.41, 5.74) is 7.18. The molecule has 1 rings (SSSR count). The average molecular weight is 253 g/mol. The second-order valence-electron chi connectivity index (χ2n) is 4.21. The Hall–Kier alpha value is -1.42. The highest BCUT2D eigenvalue weighted by atomic mass is 16.5. The fourth-order valence-corrected chi connectivity index (χ4v) is 1.91. The molecule has 1 atom stereocenters. The van der Waals surface area contributed by atoms with Gasteiger partial charge >= 0.3 is 0 Å². The molecule has 0 saturated heterocycles. The lowest BCUT2D eigenvalue weighted by atomic mass is 10.0. The van der Waals surface area contributed by atoms with Gasteiger partial charge in [0.2, 0.25) is 5.75 Å². The molecule has 0 spiro atoms. The van der Waals surface area contributed by atoms with E-state index in [-0.39, 0.29) is 6.04 Å². The van der Waals surface area contributed by atoms with Gasteiger partial charge in [-0.1, -0.05) is 19.8 Å². The lowest BCUT2D eigenvalue weighted by Gasteiger charge is -2.17. The van der Waals surface area contributed by atoms with Crippen molar-refractivity contribution in [2.24, 2.45) is 5.73 Å². The van der Waals surface area contributed by atoms with Crippen molar-refractivity contribution in [3.05, 3.63) is 17.7 Å². The summed E-state index contributed by atoms with van der Waals surface area (Å²) in [4.78, 5) is 0. The van der Waals surface area contributed by atoms with E-state index in [0.717, 1.165) is 24.8 Å². The summed E-state index contributed by atoms with van der Waals surface area (Å²) < 4.78 is 15.9. The second kappa shape index (κ2) is 7.11. The first kappa shape index (κ1) is 14.6. The minimum absolute atomic E-state index is 0.00124. The molecule has 0 amide bonds. The molecule has 18 heavy (non-hydrogen) atoms. The highest BCUT2D eigenvalue weighted by molar-refractivity contribution is 5.54. The molecular weight excluding hydrogens is 230 g/mol. The van der Waals surface area contributed by atoms with Gasteiger partial charge in [0.15, 0.2) is 11.5 Å². The Morgan fingerprint density at radius 3 is 2.00 bits per heavy atom. The van der Waals surface area contributed by atoms with Crippen LogP contribution in [0.4, 0.5) is 0 Å². The van der Waals surface area contributed by atoms with Gasteiger partial charge in [0.05, 0.1) is 21.3 Å². The zero-order valence-electron chi connectivity index (χ0n) is 11.7. The van der Waals surface area contributed by atoms with E-state index in [2.05, 4.69) is 6.92 Å². The van der Waals surface area contributed by atoms with Crippen LogP contribution >= 0.6 is 0 Å². The van der Waals surface area contributed by atoms with E-state index in [1.54, 1.807) is 21.3 Å². The Kier molecular flexibility index (Phi) is 5.78. The maximum Gasteiger partial charge on any atom is 0.203 e. The highest BCUT2D eigenvalue weighted by Gasteiger charge is 2.16. The molecule has 4 nitrogen and oxygen atoms in total. The first-order chi connectivity index (χ1) is 8.67. The fraction of sp³-hybridized carbons (Fsp3) is 0.571. The molecule has 0 aliphatic rings. The number of nitrogens with two attached hydrogens (primary N) is 1. The lowest BCUT2D eigenvalue weighted by Crippen LogP contribution is -2.11. The molecule has 0 heterocycles. The molecule has 1 aromatic rings. The van der Waals surface area contributed by atoms with Gasteiger partial charge in [-0.15, -0.1) is 0 Å². The van der Waals surface area contributed by atoms with Gasteiger partial charge < -0.3 is 19.9 Å². The van der Waals surface area contributed by atoms with Crippen LogP contribution in [-0.4, -0.2) is 21.3 Å². The van der Waals surface area contributed by atoms with E-state index in [4.69, 9.17) is 19.9 Å². The Balaban J connectivity index is 3.06. The topological polar surface area (TPSA) is 53.7 Å². The molecule has 0 fully saturated rings. The van der Waals surface area contributed by atoms with Crippen LogP contribution in [0.3, 0.4) is 0 Å². The second-order valence-corrected chi connectivity index (χ2v) is 4.21. The van der Waals surface area contributed by atoms with Gasteiger partial charge in [-0.05, 0) is 24.1 Å². The number of unbranched alkanes of at least 4 members (excludes halogenated alkanes) is 1. The van der Waals surface area contributed by atoms with Gasteiger partial charge in [0.1, 0.15) is 0 Å². The van der Waals surface area contributed by atoms with Crippen LogP contribution in [0, 0.1) is 0 Å². The van der Waals surface area contributed by atoms with Gasteiger partial charge in [-0.3, -0.25) is 0 Å². The zero-order valence-corrected chi connectivity index (χ0v) is 11.7. The Bertz CT molecular complexity index is 354. The van der Waals surface area contributed by atoms with E-state index >= 15 is 0 Å². The molecule has 102 valence electrons. The van der Waals surface area contributed by atoms with Crippen molar-refractivity contribution >= 4 is 0 Å². The molecular formula is C14H23NO3. The van der Waals surface area contributed by atoms with E-state index in [1.165, 1.54) is 0 Å². The minimum atomic E-state index is -0.00124. The summed E-state index contributed by atoms with van der Waals surface area (Å²) in [5.74, 6) is 1.91. The monoisotopic (exact) mass is 253 g/mol. The molecule has 0 aliphatic heterocycles. The molecule has 0 aliphatic carbocycles. The van der Waals surface area contributed by atoms with Crippen LogP contribution in [0.2, 0.25) is 0 Å². The minimum Gasteiger partial charge on any atom is -0.493 e. The summed E-state index contributed by atoms with van der Waals surface area (Å²) >= 11 is 0. The summed E-state index contributed by atoms with van der Waals surface area (Å²) in [6.07, 6.45) is 3.20. The number of hydrogen-bond donors (Lipinski definition) is 1. The SMILES string of the molecule is CCCC[C@@H](N)c1cc(OC)c(OC)c(OC)c1. The first-order valence-electron chi connectivity index (χ1n) is 6.23. The van der Waals surface area contributed by atoms with Crippen LogP contribution in [0.15, 0.2) is 12.1 Å². The van der Waals surface area contributed by atoms with Gasteiger partial charge in [0, 0.05) is 6.04 Å². The highest BCUT2D eigenvalue weighted by Crippen LogP contribution is 2.39. The molecule has 4 heteroatoms. The van der Waals surface area contributed by atoms with Gasteiger partial charge in [-0.2, -0.15) is 0 Å². The molecule has 0 radical (unpaired) electrons. The number of ether oxygens (including phenoxy) is 3. The van der Waals surface area contributed by atoms with E-state index in [9.17, 15) is 0 Å². The van der Waals surface area contributed by atoms with Crippen molar-refractivity contribution in [1.29, 1.82) is 0 Å². The molecule has 0 saturated carbocycles. The van der Waals surface area contributed by atoms with Gasteiger partial charge in [0.25, 0.3) is 0 Å². The smallest absolute Gasteiger partial charge is 0.203 e. The van der Waals surface area contributed by atoms with Crippen molar-refractivity contribution in [3.63, 3.8) is 0 Å². The maximum absolute atomic E-state index is 6.17. The Morgan fingerprint density at radius 2 is 1.61 bits per heavy atom. The van der Waals surface area contributed by atoms with E-state index < -0.39 is 0 Å². The summed E-state index contributed by atoms with van der Waals surface area (Å²) in [6, 6.07) is 3.84. The maximum atomic E-state index is 6.17. The average Bonchev–Trinajstić information content (AvgIpc) is 2.42. The molecule has 1 aromatic carbocycles. The Morgan fingerprint density at radius 1 is 1.06 bits per heavy atom. The Labute approximate surface area is 109 Å². The number of rotatable bonds is 7. The van der Waals surface area contributed by atoms with Gasteiger partial charge in [-0.25, -0.2) is 0 Å². The molecule has 0 unspecified atom stereocenters. The first-order valence-corrected chi connectivity index (χ1v) is 6.23.